The van der Waals surface area contributed by atoms with Crippen molar-refractivity contribution in [3.05, 3.63) is 59.7 Å². The third-order valence-corrected chi connectivity index (χ3v) is 5.65. The van der Waals surface area contributed by atoms with Crippen molar-refractivity contribution in [3.8, 4) is 0 Å². The van der Waals surface area contributed by atoms with Gasteiger partial charge in [0.1, 0.15) is 0 Å². The Labute approximate surface area is 161 Å². The second-order valence-electron chi connectivity index (χ2n) is 6.54. The van der Waals surface area contributed by atoms with E-state index in [1.165, 1.54) is 24.3 Å². The summed E-state index contributed by atoms with van der Waals surface area (Å²) in [7, 11) is -3.71. The van der Waals surface area contributed by atoms with E-state index in [-0.39, 0.29) is 16.8 Å². The van der Waals surface area contributed by atoms with Crippen LogP contribution in [0.5, 0.6) is 0 Å². The van der Waals surface area contributed by atoms with Gasteiger partial charge in [-0.3, -0.25) is 9.52 Å². The summed E-state index contributed by atoms with van der Waals surface area (Å²) in [5.74, 6) is -0.253. The van der Waals surface area contributed by atoms with Crippen LogP contribution < -0.4 is 15.8 Å². The van der Waals surface area contributed by atoms with Gasteiger partial charge in [-0.05, 0) is 49.7 Å². The smallest absolute Gasteiger partial charge is 0.261 e. The van der Waals surface area contributed by atoms with E-state index in [0.29, 0.717) is 17.8 Å². The fourth-order valence-electron chi connectivity index (χ4n) is 2.59. The van der Waals surface area contributed by atoms with Crippen molar-refractivity contribution in [2.45, 2.75) is 44.0 Å². The van der Waals surface area contributed by atoms with Crippen LogP contribution >= 0.6 is 0 Å². The maximum atomic E-state index is 12.5. The van der Waals surface area contributed by atoms with Crippen molar-refractivity contribution >= 4 is 21.6 Å². The summed E-state index contributed by atoms with van der Waals surface area (Å²) in [6.07, 6.45) is 2.85. The molecule has 27 heavy (non-hydrogen) atoms. The van der Waals surface area contributed by atoms with Gasteiger partial charge in [0.25, 0.3) is 15.9 Å². The van der Waals surface area contributed by atoms with Gasteiger partial charge in [0.2, 0.25) is 0 Å². The number of hydrogen-bond donors (Lipinski definition) is 3. The molecule has 0 aliphatic carbocycles. The summed E-state index contributed by atoms with van der Waals surface area (Å²) in [4.78, 5) is 12.4. The molecule has 6 nitrogen and oxygen atoms in total. The van der Waals surface area contributed by atoms with Gasteiger partial charge in [0.15, 0.2) is 0 Å². The SMILES string of the molecule is CCCCC(CN)NC(=O)c1ccc(S(=O)(=O)Nc2ccc(C)cc2)cc1. The first-order valence-electron chi connectivity index (χ1n) is 9.06. The predicted octanol–water partition coefficient (Wildman–Crippen LogP) is 3.04. The number of rotatable bonds is 9. The Bertz CT molecular complexity index is 847. The summed E-state index contributed by atoms with van der Waals surface area (Å²) in [5.41, 5.74) is 7.64. The lowest BCUT2D eigenvalue weighted by Crippen LogP contribution is -2.40. The minimum Gasteiger partial charge on any atom is -0.348 e. The van der Waals surface area contributed by atoms with Crippen LogP contribution in [0.25, 0.3) is 0 Å². The van der Waals surface area contributed by atoms with Crippen LogP contribution in [-0.2, 0) is 10.0 Å². The molecule has 0 heterocycles. The molecule has 2 aromatic rings. The van der Waals surface area contributed by atoms with Gasteiger partial charge in [-0.1, -0.05) is 37.5 Å². The van der Waals surface area contributed by atoms with Crippen LogP contribution in [0.4, 0.5) is 5.69 Å². The zero-order valence-electron chi connectivity index (χ0n) is 15.7. The van der Waals surface area contributed by atoms with Crippen molar-refractivity contribution in [2.24, 2.45) is 5.73 Å². The Balaban J connectivity index is 2.06. The molecule has 0 fully saturated rings. The first-order chi connectivity index (χ1) is 12.9. The molecule has 0 saturated carbocycles. The molecule has 0 aliphatic heterocycles. The van der Waals surface area contributed by atoms with Crippen LogP contribution in [0, 0.1) is 6.92 Å². The molecule has 146 valence electrons. The molecule has 1 atom stereocenters. The Morgan fingerprint density at radius 3 is 2.26 bits per heavy atom. The van der Waals surface area contributed by atoms with Gasteiger partial charge < -0.3 is 11.1 Å². The lowest BCUT2D eigenvalue weighted by molar-refractivity contribution is 0.0935. The van der Waals surface area contributed by atoms with Gasteiger partial charge >= 0.3 is 0 Å². The van der Waals surface area contributed by atoms with E-state index in [9.17, 15) is 13.2 Å². The Morgan fingerprint density at radius 2 is 1.70 bits per heavy atom. The monoisotopic (exact) mass is 389 g/mol. The third-order valence-electron chi connectivity index (χ3n) is 4.26. The number of amides is 1. The molecule has 0 bridgehead atoms. The molecule has 1 amide bonds. The summed E-state index contributed by atoms with van der Waals surface area (Å²) in [6, 6.07) is 12.9. The van der Waals surface area contributed by atoms with Crippen molar-refractivity contribution < 1.29 is 13.2 Å². The number of carbonyl (C=O) groups is 1. The lowest BCUT2D eigenvalue weighted by Gasteiger charge is -2.16. The summed E-state index contributed by atoms with van der Waals surface area (Å²) >= 11 is 0. The van der Waals surface area contributed by atoms with E-state index in [1.54, 1.807) is 12.1 Å². The van der Waals surface area contributed by atoms with Gasteiger partial charge in [0.05, 0.1) is 4.90 Å². The van der Waals surface area contributed by atoms with Gasteiger partial charge in [0, 0.05) is 23.8 Å². The van der Waals surface area contributed by atoms with E-state index in [0.717, 1.165) is 24.8 Å². The van der Waals surface area contributed by atoms with E-state index in [2.05, 4.69) is 17.0 Å². The summed E-state index contributed by atoms with van der Waals surface area (Å²) in [5, 5.41) is 2.89. The van der Waals surface area contributed by atoms with Crippen LogP contribution in [-0.4, -0.2) is 26.9 Å². The largest absolute Gasteiger partial charge is 0.348 e. The number of unbranched alkanes of at least 4 members (excludes halogenated alkanes) is 1. The van der Waals surface area contributed by atoms with Crippen molar-refractivity contribution in [2.75, 3.05) is 11.3 Å². The Kier molecular flexibility index (Phi) is 7.38. The Morgan fingerprint density at radius 1 is 1.07 bits per heavy atom. The van der Waals surface area contributed by atoms with Gasteiger partial charge in [-0.25, -0.2) is 8.42 Å². The molecule has 1 unspecified atom stereocenters. The predicted molar refractivity (Wildman–Crippen MR) is 108 cm³/mol. The van der Waals surface area contributed by atoms with Crippen LogP contribution in [0.1, 0.15) is 42.1 Å². The zero-order chi connectivity index (χ0) is 19.9. The fraction of sp³-hybridized carbons (Fsp3) is 0.350. The molecule has 0 radical (unpaired) electrons. The van der Waals surface area contributed by atoms with Crippen LogP contribution in [0.3, 0.4) is 0 Å². The molecule has 2 aromatic carbocycles. The number of nitrogens with one attached hydrogen (secondary N) is 2. The second kappa shape index (κ2) is 9.53. The number of anilines is 1. The molecular weight excluding hydrogens is 362 g/mol. The maximum absolute atomic E-state index is 12.5. The van der Waals surface area contributed by atoms with E-state index < -0.39 is 10.0 Å². The van der Waals surface area contributed by atoms with Crippen LogP contribution in [0.15, 0.2) is 53.4 Å². The minimum absolute atomic E-state index is 0.0796. The van der Waals surface area contributed by atoms with Gasteiger partial charge in [-0.2, -0.15) is 0 Å². The minimum atomic E-state index is -3.71. The van der Waals surface area contributed by atoms with Crippen molar-refractivity contribution in [1.82, 2.24) is 5.32 Å². The average Bonchev–Trinajstić information content (AvgIpc) is 2.66. The Hall–Kier alpha value is -2.38. The normalized spacial score (nSPS) is 12.4. The van der Waals surface area contributed by atoms with Crippen molar-refractivity contribution in [3.63, 3.8) is 0 Å². The number of carbonyl (C=O) groups excluding carboxylic acids is 1. The van der Waals surface area contributed by atoms with Crippen LogP contribution in [0.2, 0.25) is 0 Å². The maximum Gasteiger partial charge on any atom is 0.261 e. The number of sulfonamides is 1. The van der Waals surface area contributed by atoms with Gasteiger partial charge in [-0.15, -0.1) is 0 Å². The van der Waals surface area contributed by atoms with E-state index in [1.807, 2.05) is 19.1 Å². The highest BCUT2D eigenvalue weighted by Crippen LogP contribution is 2.17. The van der Waals surface area contributed by atoms with Crippen molar-refractivity contribution in [1.29, 1.82) is 0 Å². The zero-order valence-corrected chi connectivity index (χ0v) is 16.6. The molecule has 0 aromatic heterocycles. The van der Waals surface area contributed by atoms with E-state index >= 15 is 0 Å². The molecule has 2 rings (SSSR count). The number of hydrogen-bond acceptors (Lipinski definition) is 4. The second-order valence-corrected chi connectivity index (χ2v) is 8.23. The molecule has 0 aliphatic rings. The first-order valence-corrected chi connectivity index (χ1v) is 10.5. The molecule has 0 saturated heterocycles. The highest BCUT2D eigenvalue weighted by atomic mass is 32.2. The average molecular weight is 390 g/mol. The molecular formula is C20H27N3O3S. The fourth-order valence-corrected chi connectivity index (χ4v) is 3.65. The quantitative estimate of drug-likeness (QED) is 0.613. The summed E-state index contributed by atoms with van der Waals surface area (Å²) in [6.45, 7) is 4.39. The summed E-state index contributed by atoms with van der Waals surface area (Å²) < 4.78 is 27.5. The van der Waals surface area contributed by atoms with E-state index in [4.69, 9.17) is 5.73 Å². The molecule has 0 spiro atoms. The number of benzene rings is 2. The number of aryl methyl sites for hydroxylation is 1. The first kappa shape index (κ1) is 20.9. The highest BCUT2D eigenvalue weighted by molar-refractivity contribution is 7.92. The highest BCUT2D eigenvalue weighted by Gasteiger charge is 2.16. The lowest BCUT2D eigenvalue weighted by atomic mass is 10.1. The number of nitrogens with two attached hydrogens (primary N) is 1. The third kappa shape index (κ3) is 6.08. The standard InChI is InChI=1S/C20H27N3O3S/c1-3-4-5-18(14-21)22-20(24)16-8-12-19(13-9-16)27(25,26)23-17-10-6-15(2)7-11-17/h6-13,18,23H,3-5,14,21H2,1-2H3,(H,22,24). The molecule has 4 N–H and O–H groups in total. The topological polar surface area (TPSA) is 101 Å². The molecule has 7 heteroatoms.